The number of anilines is 2. The van der Waals surface area contributed by atoms with Gasteiger partial charge in [0, 0.05) is 12.1 Å². The maximum Gasteiger partial charge on any atom is 0.210 e. The lowest BCUT2D eigenvalue weighted by Crippen LogP contribution is -2.21. The molecule has 3 rings (SSSR count). The average Bonchev–Trinajstić information content (AvgIpc) is 2.92. The predicted molar refractivity (Wildman–Crippen MR) is 92.2 cm³/mol. The van der Waals surface area contributed by atoms with Crippen LogP contribution in [0.1, 0.15) is 36.8 Å². The largest absolute Gasteiger partial charge is 0.330 e. The fourth-order valence-corrected chi connectivity index (χ4v) is 4.71. The molecule has 1 aromatic heterocycles. The first-order valence-electron chi connectivity index (χ1n) is 7.49. The van der Waals surface area contributed by atoms with Crippen molar-refractivity contribution in [2.24, 2.45) is 0 Å². The number of rotatable bonds is 4. The maximum absolute atomic E-state index is 11.9. The predicted octanol–water partition coefficient (Wildman–Crippen LogP) is 4.50. The minimum atomic E-state index is 0.0654. The third kappa shape index (κ3) is 3.67. The number of nitrogens with one attached hydrogen (secondary N) is 1. The number of aromatic nitrogens is 2. The molecule has 1 fully saturated rings. The topological polar surface area (TPSA) is 54.9 Å². The van der Waals surface area contributed by atoms with Crippen molar-refractivity contribution in [2.75, 3.05) is 5.32 Å². The van der Waals surface area contributed by atoms with E-state index in [0.29, 0.717) is 12.2 Å². The molecule has 116 valence electrons. The van der Waals surface area contributed by atoms with Crippen LogP contribution in [0.15, 0.2) is 22.5 Å². The smallest absolute Gasteiger partial charge is 0.210 e. The fourth-order valence-electron chi connectivity index (χ4n) is 2.57. The maximum atomic E-state index is 11.9. The SMILES string of the molecule is Cc1ccc(Nc2nnc(S[C@@H]3CCCCC3=O)s2)c(C)c1. The molecule has 6 heteroatoms. The summed E-state index contributed by atoms with van der Waals surface area (Å²) < 4.78 is 0.868. The summed E-state index contributed by atoms with van der Waals surface area (Å²) in [6, 6.07) is 6.27. The number of carbonyl (C=O) groups excluding carboxylic acids is 1. The molecule has 1 heterocycles. The third-order valence-corrected chi connectivity index (χ3v) is 6.01. The molecule has 1 N–H and O–H groups in total. The number of aryl methyl sites for hydroxylation is 2. The summed E-state index contributed by atoms with van der Waals surface area (Å²) in [4.78, 5) is 11.9. The lowest BCUT2D eigenvalue weighted by atomic mass is 9.99. The highest BCUT2D eigenvalue weighted by molar-refractivity contribution is 8.02. The number of hydrogen-bond donors (Lipinski definition) is 1. The Morgan fingerprint density at radius 2 is 2.14 bits per heavy atom. The van der Waals surface area contributed by atoms with Crippen molar-refractivity contribution < 1.29 is 4.79 Å². The van der Waals surface area contributed by atoms with Crippen molar-refractivity contribution in [2.45, 2.75) is 49.1 Å². The van der Waals surface area contributed by atoms with Crippen LogP contribution in [-0.4, -0.2) is 21.2 Å². The standard InChI is InChI=1S/C16H19N3OS2/c1-10-7-8-12(11(2)9-10)17-15-18-19-16(22-15)21-14-6-4-3-5-13(14)20/h7-9,14H,3-6H2,1-2H3,(H,17,18)/t14-/m1/s1. The molecule has 0 amide bonds. The Hall–Kier alpha value is -1.40. The molecule has 0 bridgehead atoms. The molecule has 4 nitrogen and oxygen atoms in total. The minimum Gasteiger partial charge on any atom is -0.330 e. The van der Waals surface area contributed by atoms with Crippen LogP contribution < -0.4 is 5.32 Å². The van der Waals surface area contributed by atoms with E-state index >= 15 is 0 Å². The number of ketones is 1. The first kappa shape index (κ1) is 15.5. The molecule has 0 saturated heterocycles. The zero-order valence-corrected chi connectivity index (χ0v) is 14.4. The van der Waals surface area contributed by atoms with Crippen molar-refractivity contribution >= 4 is 39.7 Å². The van der Waals surface area contributed by atoms with E-state index in [-0.39, 0.29) is 5.25 Å². The molecule has 1 saturated carbocycles. The van der Waals surface area contributed by atoms with Crippen molar-refractivity contribution in [1.29, 1.82) is 0 Å². The van der Waals surface area contributed by atoms with Crippen molar-refractivity contribution in [3.05, 3.63) is 29.3 Å². The molecule has 0 aliphatic heterocycles. The Morgan fingerprint density at radius 1 is 1.27 bits per heavy atom. The summed E-state index contributed by atoms with van der Waals surface area (Å²) in [6.45, 7) is 4.16. The van der Waals surface area contributed by atoms with Gasteiger partial charge in [0.2, 0.25) is 5.13 Å². The number of hydrogen-bond acceptors (Lipinski definition) is 6. The lowest BCUT2D eigenvalue weighted by molar-refractivity contribution is -0.119. The normalized spacial score (nSPS) is 18.5. The van der Waals surface area contributed by atoms with Gasteiger partial charge in [-0.1, -0.05) is 47.2 Å². The van der Waals surface area contributed by atoms with E-state index in [9.17, 15) is 4.79 Å². The van der Waals surface area contributed by atoms with E-state index in [1.54, 1.807) is 11.8 Å². The lowest BCUT2D eigenvalue weighted by Gasteiger charge is -2.18. The van der Waals surface area contributed by atoms with Gasteiger partial charge in [0.05, 0.1) is 5.25 Å². The first-order chi connectivity index (χ1) is 10.6. The van der Waals surface area contributed by atoms with Gasteiger partial charge in [0.25, 0.3) is 0 Å². The molecule has 1 atom stereocenters. The molecule has 1 aliphatic carbocycles. The van der Waals surface area contributed by atoms with E-state index in [2.05, 4.69) is 47.6 Å². The van der Waals surface area contributed by atoms with E-state index in [1.165, 1.54) is 22.5 Å². The Kier molecular flexibility index (Phi) is 4.78. The van der Waals surface area contributed by atoms with E-state index in [1.807, 2.05) is 0 Å². The van der Waals surface area contributed by atoms with Gasteiger partial charge >= 0.3 is 0 Å². The van der Waals surface area contributed by atoms with Crippen LogP contribution in [0, 0.1) is 13.8 Å². The van der Waals surface area contributed by atoms with Gasteiger partial charge in [-0.15, -0.1) is 10.2 Å². The molecule has 2 aromatic rings. The van der Waals surface area contributed by atoms with Gasteiger partial charge in [-0.05, 0) is 38.3 Å². The second-order valence-electron chi connectivity index (χ2n) is 5.64. The van der Waals surface area contributed by atoms with Crippen molar-refractivity contribution in [3.63, 3.8) is 0 Å². The van der Waals surface area contributed by atoms with Gasteiger partial charge in [-0.25, -0.2) is 0 Å². The summed E-state index contributed by atoms with van der Waals surface area (Å²) in [6.07, 6.45) is 3.84. The monoisotopic (exact) mass is 333 g/mol. The fraction of sp³-hybridized carbons (Fsp3) is 0.438. The highest BCUT2D eigenvalue weighted by Gasteiger charge is 2.24. The summed E-state index contributed by atoms with van der Waals surface area (Å²) in [5.74, 6) is 0.357. The van der Waals surface area contributed by atoms with Gasteiger partial charge in [-0.2, -0.15) is 0 Å². The molecular formula is C16H19N3OS2. The highest BCUT2D eigenvalue weighted by atomic mass is 32.2. The van der Waals surface area contributed by atoms with Crippen LogP contribution in [0.5, 0.6) is 0 Å². The van der Waals surface area contributed by atoms with Crippen molar-refractivity contribution in [3.8, 4) is 0 Å². The Bertz CT molecular complexity index is 684. The van der Waals surface area contributed by atoms with Crippen LogP contribution in [0.3, 0.4) is 0 Å². The third-order valence-electron chi connectivity index (χ3n) is 3.77. The molecular weight excluding hydrogens is 314 g/mol. The Labute approximate surface area is 138 Å². The number of thioether (sulfide) groups is 1. The van der Waals surface area contributed by atoms with Crippen molar-refractivity contribution in [1.82, 2.24) is 10.2 Å². The Morgan fingerprint density at radius 3 is 2.91 bits per heavy atom. The summed E-state index contributed by atoms with van der Waals surface area (Å²) in [7, 11) is 0. The molecule has 1 aliphatic rings. The van der Waals surface area contributed by atoms with Crippen LogP contribution in [0.4, 0.5) is 10.8 Å². The van der Waals surface area contributed by atoms with E-state index in [0.717, 1.165) is 34.4 Å². The van der Waals surface area contributed by atoms with Gasteiger partial charge in [-0.3, -0.25) is 4.79 Å². The zero-order chi connectivity index (χ0) is 15.5. The molecule has 0 unspecified atom stereocenters. The first-order valence-corrected chi connectivity index (χ1v) is 9.18. The average molecular weight is 333 g/mol. The van der Waals surface area contributed by atoms with Gasteiger partial charge in [0.1, 0.15) is 5.78 Å². The summed E-state index contributed by atoms with van der Waals surface area (Å²) in [5, 5.41) is 12.6. The second kappa shape index (κ2) is 6.79. The summed E-state index contributed by atoms with van der Waals surface area (Å²) >= 11 is 3.08. The molecule has 0 radical (unpaired) electrons. The number of nitrogens with zero attached hydrogens (tertiary/aromatic N) is 2. The minimum absolute atomic E-state index is 0.0654. The molecule has 0 spiro atoms. The van der Waals surface area contributed by atoms with Crippen LogP contribution in [-0.2, 0) is 4.79 Å². The second-order valence-corrected chi connectivity index (χ2v) is 8.06. The van der Waals surface area contributed by atoms with Crippen LogP contribution in [0.25, 0.3) is 0 Å². The van der Waals surface area contributed by atoms with Crippen LogP contribution >= 0.6 is 23.1 Å². The van der Waals surface area contributed by atoms with E-state index < -0.39 is 0 Å². The summed E-state index contributed by atoms with van der Waals surface area (Å²) in [5.41, 5.74) is 3.48. The Balaban J connectivity index is 1.67. The van der Waals surface area contributed by atoms with Gasteiger partial charge in [0.15, 0.2) is 4.34 Å². The number of Topliss-reactive ketones (excluding diaryl/α,β-unsaturated/α-hetero) is 1. The highest BCUT2D eigenvalue weighted by Crippen LogP contribution is 2.35. The molecule has 22 heavy (non-hydrogen) atoms. The van der Waals surface area contributed by atoms with Gasteiger partial charge < -0.3 is 5.32 Å². The number of carbonyl (C=O) groups is 1. The van der Waals surface area contributed by atoms with Crippen LogP contribution in [0.2, 0.25) is 0 Å². The van der Waals surface area contributed by atoms with E-state index in [4.69, 9.17) is 0 Å². The molecule has 1 aromatic carbocycles. The zero-order valence-electron chi connectivity index (χ0n) is 12.8. The number of benzene rings is 1. The quantitative estimate of drug-likeness (QED) is 0.892.